The molecule has 0 aliphatic carbocycles. The van der Waals surface area contributed by atoms with Crippen LogP contribution in [-0.2, 0) is 11.2 Å². The highest BCUT2D eigenvalue weighted by Crippen LogP contribution is 2.23. The van der Waals surface area contributed by atoms with E-state index < -0.39 is 5.91 Å². The van der Waals surface area contributed by atoms with E-state index in [1.165, 1.54) is 4.90 Å². The van der Waals surface area contributed by atoms with E-state index >= 15 is 0 Å². The predicted molar refractivity (Wildman–Crippen MR) is 94.7 cm³/mol. The number of nitrogens with one attached hydrogen (secondary N) is 1. The van der Waals surface area contributed by atoms with E-state index in [1.54, 1.807) is 36.0 Å². The Labute approximate surface area is 140 Å². The molecule has 4 nitrogen and oxygen atoms in total. The second-order valence-electron chi connectivity index (χ2n) is 5.48. The van der Waals surface area contributed by atoms with Gasteiger partial charge in [-0.15, -0.1) is 11.8 Å². The zero-order chi connectivity index (χ0) is 16.8. The molecular formula is C18H20N2O2S. The number of nitrogens with two attached hydrogens (primary N) is 1. The fourth-order valence-electron chi connectivity index (χ4n) is 2.07. The van der Waals surface area contributed by atoms with Gasteiger partial charge < -0.3 is 11.1 Å². The Morgan fingerprint density at radius 1 is 1.04 bits per heavy atom. The predicted octanol–water partition coefficient (Wildman–Crippen LogP) is 3.47. The maximum Gasteiger partial charge on any atom is 0.248 e. The quantitative estimate of drug-likeness (QED) is 0.798. The van der Waals surface area contributed by atoms with Crippen LogP contribution in [0.25, 0.3) is 0 Å². The first-order chi connectivity index (χ1) is 10.9. The lowest BCUT2D eigenvalue weighted by Gasteiger charge is -2.08. The summed E-state index contributed by atoms with van der Waals surface area (Å²) in [4.78, 5) is 24.3. The van der Waals surface area contributed by atoms with E-state index in [2.05, 4.69) is 19.2 Å². The van der Waals surface area contributed by atoms with Gasteiger partial charge in [-0.25, -0.2) is 0 Å². The second-order valence-corrected chi connectivity index (χ2v) is 7.13. The third-order valence-electron chi connectivity index (χ3n) is 3.11. The minimum absolute atomic E-state index is 0.0962. The van der Waals surface area contributed by atoms with E-state index in [9.17, 15) is 9.59 Å². The average molecular weight is 328 g/mol. The van der Waals surface area contributed by atoms with Crippen LogP contribution in [0.15, 0.2) is 53.4 Å². The van der Waals surface area contributed by atoms with E-state index in [-0.39, 0.29) is 5.91 Å². The Bertz CT molecular complexity index is 679. The van der Waals surface area contributed by atoms with Gasteiger partial charge in [0.2, 0.25) is 11.8 Å². The molecule has 0 bridgehead atoms. The average Bonchev–Trinajstić information content (AvgIpc) is 2.49. The summed E-state index contributed by atoms with van der Waals surface area (Å²) in [7, 11) is 0. The minimum atomic E-state index is -0.484. The molecule has 2 aromatic carbocycles. The van der Waals surface area contributed by atoms with E-state index in [0.29, 0.717) is 22.9 Å². The molecule has 5 heteroatoms. The van der Waals surface area contributed by atoms with Crippen molar-refractivity contribution >= 4 is 29.3 Å². The standard InChI is InChI=1S/C18H20N2O2S/c1-12(2)23-16-9-3-13(4-10-16)11-17(21)20-15-7-5-14(6-8-15)18(19)22/h3-10,12H,11H2,1-2H3,(H2,19,22)(H,20,21). The van der Waals surface area contributed by atoms with Crippen molar-refractivity contribution in [1.29, 1.82) is 0 Å². The molecule has 2 amide bonds. The van der Waals surface area contributed by atoms with Crippen molar-refractivity contribution in [2.75, 3.05) is 5.32 Å². The van der Waals surface area contributed by atoms with Crippen LogP contribution in [0.5, 0.6) is 0 Å². The second kappa shape index (κ2) is 7.83. The van der Waals surface area contributed by atoms with E-state index in [0.717, 1.165) is 5.56 Å². The number of hydrogen-bond acceptors (Lipinski definition) is 3. The van der Waals surface area contributed by atoms with Crippen LogP contribution in [0.2, 0.25) is 0 Å². The lowest BCUT2D eigenvalue weighted by molar-refractivity contribution is -0.115. The van der Waals surface area contributed by atoms with Crippen molar-refractivity contribution in [3.63, 3.8) is 0 Å². The third-order valence-corrected chi connectivity index (χ3v) is 4.13. The molecule has 3 N–H and O–H groups in total. The van der Waals surface area contributed by atoms with Crippen molar-refractivity contribution in [2.24, 2.45) is 5.73 Å². The normalized spacial score (nSPS) is 10.6. The third kappa shape index (κ3) is 5.45. The number of benzene rings is 2. The molecule has 0 aromatic heterocycles. The molecule has 0 unspecified atom stereocenters. The van der Waals surface area contributed by atoms with Crippen molar-refractivity contribution < 1.29 is 9.59 Å². The number of primary amides is 1. The largest absolute Gasteiger partial charge is 0.366 e. The van der Waals surface area contributed by atoms with Crippen LogP contribution in [-0.4, -0.2) is 17.1 Å². The first-order valence-corrected chi connectivity index (χ1v) is 8.27. The minimum Gasteiger partial charge on any atom is -0.366 e. The lowest BCUT2D eigenvalue weighted by Crippen LogP contribution is -2.15. The molecule has 23 heavy (non-hydrogen) atoms. The van der Waals surface area contributed by atoms with Crippen LogP contribution in [0.1, 0.15) is 29.8 Å². The molecule has 2 aromatic rings. The van der Waals surface area contributed by atoms with Gasteiger partial charge in [-0.2, -0.15) is 0 Å². The molecule has 0 radical (unpaired) electrons. The molecule has 0 fully saturated rings. The van der Waals surface area contributed by atoms with Gasteiger partial charge in [-0.1, -0.05) is 26.0 Å². The number of hydrogen-bond donors (Lipinski definition) is 2. The fourth-order valence-corrected chi connectivity index (χ4v) is 2.90. The summed E-state index contributed by atoms with van der Waals surface area (Å²) in [6.45, 7) is 4.30. The summed E-state index contributed by atoms with van der Waals surface area (Å²) in [5.74, 6) is -0.580. The van der Waals surface area contributed by atoms with Crippen LogP contribution >= 0.6 is 11.8 Å². The highest BCUT2D eigenvalue weighted by molar-refractivity contribution is 7.99. The summed E-state index contributed by atoms with van der Waals surface area (Å²) in [6, 6.07) is 14.5. The molecule has 0 heterocycles. The van der Waals surface area contributed by atoms with Gasteiger partial charge in [-0.3, -0.25) is 9.59 Å². The smallest absolute Gasteiger partial charge is 0.248 e. The highest BCUT2D eigenvalue weighted by atomic mass is 32.2. The summed E-state index contributed by atoms with van der Waals surface area (Å²) >= 11 is 1.79. The molecule has 0 atom stereocenters. The van der Waals surface area contributed by atoms with Crippen LogP contribution in [0, 0.1) is 0 Å². The molecule has 0 spiro atoms. The summed E-state index contributed by atoms with van der Waals surface area (Å²) in [5.41, 5.74) is 7.21. The first-order valence-electron chi connectivity index (χ1n) is 7.39. The first kappa shape index (κ1) is 17.1. The van der Waals surface area contributed by atoms with Gasteiger partial charge in [-0.05, 0) is 42.0 Å². The molecule has 0 saturated heterocycles. The Hall–Kier alpha value is -2.27. The van der Waals surface area contributed by atoms with Crippen molar-refractivity contribution in [2.45, 2.75) is 30.4 Å². The monoisotopic (exact) mass is 328 g/mol. The Morgan fingerprint density at radius 2 is 1.65 bits per heavy atom. The lowest BCUT2D eigenvalue weighted by atomic mass is 10.1. The topological polar surface area (TPSA) is 72.2 Å². The van der Waals surface area contributed by atoms with E-state index in [1.807, 2.05) is 24.3 Å². The van der Waals surface area contributed by atoms with Crippen LogP contribution in [0.3, 0.4) is 0 Å². The van der Waals surface area contributed by atoms with E-state index in [4.69, 9.17) is 5.73 Å². The zero-order valence-electron chi connectivity index (χ0n) is 13.2. The van der Waals surface area contributed by atoms with Crippen molar-refractivity contribution in [3.05, 3.63) is 59.7 Å². The Morgan fingerprint density at radius 3 is 2.17 bits per heavy atom. The number of carbonyl (C=O) groups is 2. The van der Waals surface area contributed by atoms with Crippen LogP contribution < -0.4 is 11.1 Å². The Kier molecular flexibility index (Phi) is 5.82. The summed E-state index contributed by atoms with van der Waals surface area (Å²) < 4.78 is 0. The Balaban J connectivity index is 1.92. The molecular weight excluding hydrogens is 308 g/mol. The van der Waals surface area contributed by atoms with Crippen LogP contribution in [0.4, 0.5) is 5.69 Å². The maximum atomic E-state index is 12.1. The molecule has 0 aliphatic rings. The van der Waals surface area contributed by atoms with Crippen molar-refractivity contribution in [3.8, 4) is 0 Å². The van der Waals surface area contributed by atoms with Gasteiger partial charge in [0, 0.05) is 21.4 Å². The molecule has 0 aliphatic heterocycles. The number of thioether (sulfide) groups is 1. The molecule has 2 rings (SSSR count). The number of anilines is 1. The van der Waals surface area contributed by atoms with Gasteiger partial charge in [0.1, 0.15) is 0 Å². The number of carbonyl (C=O) groups excluding carboxylic acids is 2. The molecule has 0 saturated carbocycles. The highest BCUT2D eigenvalue weighted by Gasteiger charge is 2.06. The van der Waals surface area contributed by atoms with Gasteiger partial charge >= 0.3 is 0 Å². The van der Waals surface area contributed by atoms with Gasteiger partial charge in [0.25, 0.3) is 0 Å². The van der Waals surface area contributed by atoms with Gasteiger partial charge in [0.05, 0.1) is 6.42 Å². The fraction of sp³-hybridized carbons (Fsp3) is 0.222. The zero-order valence-corrected chi connectivity index (χ0v) is 14.0. The number of rotatable bonds is 6. The van der Waals surface area contributed by atoms with Crippen molar-refractivity contribution in [1.82, 2.24) is 0 Å². The number of amides is 2. The SMILES string of the molecule is CC(C)Sc1ccc(CC(=O)Nc2ccc(C(N)=O)cc2)cc1. The molecule has 120 valence electrons. The maximum absolute atomic E-state index is 12.1. The summed E-state index contributed by atoms with van der Waals surface area (Å²) in [5, 5.41) is 3.34. The van der Waals surface area contributed by atoms with Gasteiger partial charge in [0.15, 0.2) is 0 Å². The summed E-state index contributed by atoms with van der Waals surface area (Å²) in [6.07, 6.45) is 0.310.